The molecular formula is C28H22F4N2. The molecule has 0 spiro atoms. The summed E-state index contributed by atoms with van der Waals surface area (Å²) in [6, 6.07) is 9.41. The molecule has 1 aromatic heterocycles. The summed E-state index contributed by atoms with van der Waals surface area (Å²) >= 11 is 0. The van der Waals surface area contributed by atoms with Crippen LogP contribution in [-0.4, -0.2) is 9.97 Å². The van der Waals surface area contributed by atoms with Crippen LogP contribution in [0, 0.1) is 35.1 Å². The van der Waals surface area contributed by atoms with Crippen LogP contribution in [0.4, 0.5) is 17.6 Å². The topological polar surface area (TPSA) is 25.8 Å². The Morgan fingerprint density at radius 1 is 0.735 bits per heavy atom. The zero-order valence-corrected chi connectivity index (χ0v) is 18.6. The van der Waals surface area contributed by atoms with E-state index in [0.29, 0.717) is 35.2 Å². The maximum atomic E-state index is 14.6. The predicted octanol–water partition coefficient (Wildman–Crippen LogP) is 6.71. The molecule has 1 heterocycles. The van der Waals surface area contributed by atoms with Crippen molar-refractivity contribution in [3.05, 3.63) is 106 Å². The standard InChI is InChI=1S/C28H22F4N2/c1-2-3-4-20-16-33-27(34-17-20)12-7-19-14-25(30)23(26(31)15-19)10-6-18-5-9-22-21(13-18)8-11-24(29)28(22)32/h5,8-9,11,13-17H,2-4,7,12H2,1H3. The molecule has 0 aliphatic carbocycles. The molecule has 0 radical (unpaired) electrons. The van der Waals surface area contributed by atoms with Crippen molar-refractivity contribution >= 4 is 10.8 Å². The molecule has 6 heteroatoms. The zero-order chi connectivity index (χ0) is 24.1. The lowest BCUT2D eigenvalue weighted by atomic mass is 10.0. The summed E-state index contributed by atoms with van der Waals surface area (Å²) in [5, 5.41) is 0.564. The second kappa shape index (κ2) is 10.5. The maximum Gasteiger partial charge on any atom is 0.166 e. The van der Waals surface area contributed by atoms with Gasteiger partial charge in [-0.05, 0) is 66.1 Å². The first-order valence-electron chi connectivity index (χ1n) is 11.1. The predicted molar refractivity (Wildman–Crippen MR) is 124 cm³/mol. The number of benzene rings is 3. The summed E-state index contributed by atoms with van der Waals surface area (Å²) in [6.07, 6.45) is 7.57. The number of hydrogen-bond donors (Lipinski definition) is 0. The number of nitrogens with zero attached hydrogens (tertiary/aromatic N) is 2. The first-order chi connectivity index (χ1) is 16.4. The molecular weight excluding hydrogens is 440 g/mol. The average molecular weight is 462 g/mol. The van der Waals surface area contributed by atoms with Crippen LogP contribution in [0.5, 0.6) is 0 Å². The van der Waals surface area contributed by atoms with Crippen molar-refractivity contribution < 1.29 is 17.6 Å². The molecule has 172 valence electrons. The van der Waals surface area contributed by atoms with Gasteiger partial charge in [-0.2, -0.15) is 0 Å². The molecule has 0 saturated carbocycles. The molecule has 0 unspecified atom stereocenters. The summed E-state index contributed by atoms with van der Waals surface area (Å²) in [5.41, 5.74) is 1.66. The Labute approximate surface area is 195 Å². The highest BCUT2D eigenvalue weighted by atomic mass is 19.2. The van der Waals surface area contributed by atoms with E-state index in [1.54, 1.807) is 18.5 Å². The van der Waals surface area contributed by atoms with E-state index >= 15 is 0 Å². The fourth-order valence-electron chi connectivity index (χ4n) is 3.64. The molecule has 0 bridgehead atoms. The van der Waals surface area contributed by atoms with Crippen LogP contribution in [0.15, 0.2) is 54.9 Å². The fraction of sp³-hybridized carbons (Fsp3) is 0.214. The quantitative estimate of drug-likeness (QED) is 0.235. The van der Waals surface area contributed by atoms with Gasteiger partial charge in [0.05, 0.1) is 5.56 Å². The molecule has 0 aliphatic heterocycles. The summed E-state index contributed by atoms with van der Waals surface area (Å²) in [6.45, 7) is 2.12. The Morgan fingerprint density at radius 2 is 1.47 bits per heavy atom. The number of aryl methyl sites for hydroxylation is 3. The number of aromatic nitrogens is 2. The van der Waals surface area contributed by atoms with E-state index in [2.05, 4.69) is 28.7 Å². The lowest BCUT2D eigenvalue weighted by Crippen LogP contribution is -2.01. The van der Waals surface area contributed by atoms with Gasteiger partial charge in [0.2, 0.25) is 0 Å². The van der Waals surface area contributed by atoms with Gasteiger partial charge in [-0.3, -0.25) is 0 Å². The van der Waals surface area contributed by atoms with Crippen LogP contribution in [0.1, 0.15) is 47.8 Å². The van der Waals surface area contributed by atoms with Crippen LogP contribution >= 0.6 is 0 Å². The molecule has 34 heavy (non-hydrogen) atoms. The van der Waals surface area contributed by atoms with Gasteiger partial charge in [-0.1, -0.05) is 37.3 Å². The van der Waals surface area contributed by atoms with Gasteiger partial charge >= 0.3 is 0 Å². The van der Waals surface area contributed by atoms with E-state index in [1.165, 1.54) is 30.3 Å². The largest absolute Gasteiger partial charge is 0.241 e. The third-order valence-electron chi connectivity index (χ3n) is 5.56. The van der Waals surface area contributed by atoms with Gasteiger partial charge < -0.3 is 0 Å². The van der Waals surface area contributed by atoms with Gasteiger partial charge in [0, 0.05) is 29.8 Å². The van der Waals surface area contributed by atoms with E-state index in [-0.39, 0.29) is 10.9 Å². The van der Waals surface area contributed by atoms with Gasteiger partial charge in [-0.25, -0.2) is 27.5 Å². The minimum absolute atomic E-state index is 0.117. The van der Waals surface area contributed by atoms with Crippen LogP contribution in [-0.2, 0) is 19.3 Å². The SMILES string of the molecule is CCCCc1cnc(CCc2cc(F)c(C#Cc3ccc4c(F)c(F)ccc4c3)c(F)c2)nc1. The number of halogens is 4. The van der Waals surface area contributed by atoms with Gasteiger partial charge in [0.25, 0.3) is 0 Å². The van der Waals surface area contributed by atoms with Gasteiger partial charge in [0.15, 0.2) is 11.6 Å². The highest BCUT2D eigenvalue weighted by molar-refractivity contribution is 5.84. The van der Waals surface area contributed by atoms with E-state index in [9.17, 15) is 17.6 Å². The van der Waals surface area contributed by atoms with Gasteiger partial charge in [-0.15, -0.1) is 0 Å². The van der Waals surface area contributed by atoms with E-state index in [4.69, 9.17) is 0 Å². The summed E-state index contributed by atoms with van der Waals surface area (Å²) < 4.78 is 56.4. The van der Waals surface area contributed by atoms with E-state index in [1.807, 2.05) is 0 Å². The molecule has 0 fully saturated rings. The first kappa shape index (κ1) is 23.4. The lowest BCUT2D eigenvalue weighted by Gasteiger charge is -2.05. The Kier molecular flexibility index (Phi) is 7.22. The Balaban J connectivity index is 1.47. The van der Waals surface area contributed by atoms with E-state index < -0.39 is 23.3 Å². The van der Waals surface area contributed by atoms with Crippen molar-refractivity contribution in [1.82, 2.24) is 9.97 Å². The van der Waals surface area contributed by atoms with Crippen molar-refractivity contribution in [2.75, 3.05) is 0 Å². The third-order valence-corrected chi connectivity index (χ3v) is 5.56. The molecule has 0 amide bonds. The van der Waals surface area contributed by atoms with Gasteiger partial charge in [0.1, 0.15) is 17.5 Å². The van der Waals surface area contributed by atoms with Crippen LogP contribution in [0.25, 0.3) is 10.8 Å². The minimum Gasteiger partial charge on any atom is -0.241 e. The van der Waals surface area contributed by atoms with Crippen molar-refractivity contribution in [2.24, 2.45) is 0 Å². The molecule has 3 aromatic carbocycles. The van der Waals surface area contributed by atoms with Crippen molar-refractivity contribution in [3.8, 4) is 11.8 Å². The van der Waals surface area contributed by atoms with E-state index in [0.717, 1.165) is 30.9 Å². The van der Waals surface area contributed by atoms with Crippen molar-refractivity contribution in [3.63, 3.8) is 0 Å². The molecule has 0 N–H and O–H groups in total. The molecule has 2 nitrogen and oxygen atoms in total. The molecule has 0 aliphatic rings. The first-order valence-corrected chi connectivity index (χ1v) is 11.1. The van der Waals surface area contributed by atoms with Crippen LogP contribution < -0.4 is 0 Å². The maximum absolute atomic E-state index is 14.6. The summed E-state index contributed by atoms with van der Waals surface area (Å²) in [7, 11) is 0. The number of fused-ring (bicyclic) bond motifs is 1. The number of rotatable bonds is 6. The zero-order valence-electron chi connectivity index (χ0n) is 18.6. The molecule has 0 atom stereocenters. The summed E-state index contributed by atoms with van der Waals surface area (Å²) in [4.78, 5) is 8.68. The minimum atomic E-state index is -0.942. The lowest BCUT2D eigenvalue weighted by molar-refractivity contribution is 0.517. The van der Waals surface area contributed by atoms with Crippen molar-refractivity contribution in [2.45, 2.75) is 39.0 Å². The third kappa shape index (κ3) is 5.43. The highest BCUT2D eigenvalue weighted by Crippen LogP contribution is 2.22. The Morgan fingerprint density at radius 3 is 2.18 bits per heavy atom. The number of hydrogen-bond acceptors (Lipinski definition) is 2. The average Bonchev–Trinajstić information content (AvgIpc) is 2.84. The monoisotopic (exact) mass is 462 g/mol. The Bertz CT molecular complexity index is 1360. The second-order valence-corrected chi connectivity index (χ2v) is 8.09. The van der Waals surface area contributed by atoms with Crippen LogP contribution in [0.3, 0.4) is 0 Å². The Hall–Kier alpha value is -3.72. The smallest absolute Gasteiger partial charge is 0.166 e. The molecule has 4 aromatic rings. The summed E-state index contributed by atoms with van der Waals surface area (Å²) in [5.74, 6) is 2.45. The van der Waals surface area contributed by atoms with Crippen LogP contribution in [0.2, 0.25) is 0 Å². The fourth-order valence-corrected chi connectivity index (χ4v) is 3.64. The highest BCUT2D eigenvalue weighted by Gasteiger charge is 2.11. The number of unbranched alkanes of at least 4 members (excludes halogenated alkanes) is 1. The second-order valence-electron chi connectivity index (χ2n) is 8.09. The molecule has 4 rings (SSSR count). The molecule has 0 saturated heterocycles. The van der Waals surface area contributed by atoms with Crippen molar-refractivity contribution in [1.29, 1.82) is 0 Å². The normalized spacial score (nSPS) is 10.9.